The molecule has 0 saturated heterocycles. The number of halogens is 2. The Hall–Kier alpha value is -0.180. The summed E-state index contributed by atoms with van der Waals surface area (Å²) in [6, 6.07) is 0. The highest BCUT2D eigenvalue weighted by atomic mass is 19.3. The second-order valence-corrected chi connectivity index (χ2v) is 4.10. The van der Waals surface area contributed by atoms with Gasteiger partial charge in [-0.25, -0.2) is 8.78 Å². The van der Waals surface area contributed by atoms with Gasteiger partial charge >= 0.3 is 0 Å². The van der Waals surface area contributed by atoms with E-state index in [1.807, 2.05) is 13.8 Å². The van der Waals surface area contributed by atoms with Gasteiger partial charge in [-0.05, 0) is 24.8 Å². The minimum Gasteiger partial charge on any atom is -0.330 e. The first-order valence-corrected chi connectivity index (χ1v) is 3.89. The molecule has 1 fully saturated rings. The van der Waals surface area contributed by atoms with Crippen molar-refractivity contribution in [3.05, 3.63) is 0 Å². The van der Waals surface area contributed by atoms with E-state index >= 15 is 0 Å². The summed E-state index contributed by atoms with van der Waals surface area (Å²) >= 11 is 0. The Morgan fingerprint density at radius 2 is 1.91 bits per heavy atom. The van der Waals surface area contributed by atoms with Crippen LogP contribution >= 0.6 is 0 Å². The fraction of sp³-hybridized carbons (Fsp3) is 1.00. The Morgan fingerprint density at radius 1 is 1.45 bits per heavy atom. The van der Waals surface area contributed by atoms with E-state index in [9.17, 15) is 8.78 Å². The molecule has 0 aromatic rings. The van der Waals surface area contributed by atoms with Crippen molar-refractivity contribution in [1.29, 1.82) is 0 Å². The smallest absolute Gasteiger partial charge is 0.249 e. The van der Waals surface area contributed by atoms with Gasteiger partial charge in [0.15, 0.2) is 0 Å². The van der Waals surface area contributed by atoms with Crippen LogP contribution in [0.1, 0.15) is 20.8 Å². The standard InChI is InChI=1S/C8H15F2N/c1-7(2)5(4-11)6(7)8(3,9)10/h5-6H,4,11H2,1-3H3/t5-,6-/m0/s1. The zero-order valence-electron chi connectivity index (χ0n) is 7.20. The van der Waals surface area contributed by atoms with Gasteiger partial charge in [0.25, 0.3) is 0 Å². The molecule has 1 saturated carbocycles. The fourth-order valence-corrected chi connectivity index (χ4v) is 2.19. The number of hydrogen-bond acceptors (Lipinski definition) is 1. The predicted octanol–water partition coefficient (Wildman–Crippen LogP) is 1.87. The molecular weight excluding hydrogens is 148 g/mol. The summed E-state index contributed by atoms with van der Waals surface area (Å²) in [6.45, 7) is 5.06. The molecule has 1 nitrogen and oxygen atoms in total. The Bertz CT molecular complexity index is 160. The van der Waals surface area contributed by atoms with Crippen molar-refractivity contribution in [2.24, 2.45) is 23.0 Å². The Morgan fingerprint density at radius 3 is 2.00 bits per heavy atom. The summed E-state index contributed by atoms with van der Waals surface area (Å²) < 4.78 is 25.6. The predicted molar refractivity (Wildman–Crippen MR) is 40.4 cm³/mol. The first-order valence-electron chi connectivity index (χ1n) is 3.89. The summed E-state index contributed by atoms with van der Waals surface area (Å²) in [5.74, 6) is -3.07. The van der Waals surface area contributed by atoms with Gasteiger partial charge in [0.2, 0.25) is 5.92 Å². The highest BCUT2D eigenvalue weighted by Crippen LogP contribution is 2.63. The second kappa shape index (κ2) is 2.16. The van der Waals surface area contributed by atoms with E-state index in [1.54, 1.807) is 0 Å². The van der Waals surface area contributed by atoms with Crippen LogP contribution in [-0.4, -0.2) is 12.5 Å². The molecule has 66 valence electrons. The van der Waals surface area contributed by atoms with Crippen molar-refractivity contribution in [2.75, 3.05) is 6.54 Å². The van der Waals surface area contributed by atoms with Gasteiger partial charge in [-0.2, -0.15) is 0 Å². The largest absolute Gasteiger partial charge is 0.330 e. The number of alkyl halides is 2. The number of hydrogen-bond donors (Lipinski definition) is 1. The van der Waals surface area contributed by atoms with Crippen LogP contribution in [0.4, 0.5) is 8.78 Å². The van der Waals surface area contributed by atoms with E-state index in [0.717, 1.165) is 6.92 Å². The lowest BCUT2D eigenvalue weighted by atomic mass is 10.1. The van der Waals surface area contributed by atoms with E-state index in [2.05, 4.69) is 0 Å². The maximum Gasteiger partial charge on any atom is 0.249 e. The van der Waals surface area contributed by atoms with Gasteiger partial charge in [-0.15, -0.1) is 0 Å². The Balaban J connectivity index is 2.66. The molecule has 3 heteroatoms. The third-order valence-electron chi connectivity index (χ3n) is 2.85. The quantitative estimate of drug-likeness (QED) is 0.660. The molecule has 0 aromatic heterocycles. The Kier molecular flexibility index (Phi) is 1.75. The van der Waals surface area contributed by atoms with Crippen LogP contribution in [0.2, 0.25) is 0 Å². The molecule has 0 amide bonds. The van der Waals surface area contributed by atoms with Crippen LogP contribution in [0, 0.1) is 17.3 Å². The number of nitrogens with two attached hydrogens (primary N) is 1. The molecule has 0 aliphatic heterocycles. The van der Waals surface area contributed by atoms with Gasteiger partial charge < -0.3 is 5.73 Å². The monoisotopic (exact) mass is 163 g/mol. The average Bonchev–Trinajstić information content (AvgIpc) is 2.31. The topological polar surface area (TPSA) is 26.0 Å². The molecule has 0 bridgehead atoms. The van der Waals surface area contributed by atoms with Crippen molar-refractivity contribution in [3.8, 4) is 0 Å². The molecule has 2 atom stereocenters. The number of rotatable bonds is 2. The third-order valence-corrected chi connectivity index (χ3v) is 2.85. The van der Waals surface area contributed by atoms with Crippen molar-refractivity contribution >= 4 is 0 Å². The van der Waals surface area contributed by atoms with E-state index in [0.29, 0.717) is 6.54 Å². The highest BCUT2D eigenvalue weighted by molar-refractivity contribution is 5.09. The van der Waals surface area contributed by atoms with E-state index in [-0.39, 0.29) is 11.3 Å². The molecular formula is C8H15F2N. The molecule has 2 N–H and O–H groups in total. The van der Waals surface area contributed by atoms with Crippen LogP contribution in [0.5, 0.6) is 0 Å². The second-order valence-electron chi connectivity index (χ2n) is 4.10. The van der Waals surface area contributed by atoms with Gasteiger partial charge in [0.05, 0.1) is 0 Å². The van der Waals surface area contributed by atoms with Crippen LogP contribution in [-0.2, 0) is 0 Å². The Labute approximate surface area is 66.0 Å². The molecule has 1 aliphatic carbocycles. The van der Waals surface area contributed by atoms with Gasteiger partial charge in [-0.1, -0.05) is 13.8 Å². The minimum atomic E-state index is -2.56. The SMILES string of the molecule is CC(F)(F)[C@H]1[C@H](CN)C1(C)C. The summed E-state index contributed by atoms with van der Waals surface area (Å²) in [5.41, 5.74) is 5.11. The average molecular weight is 163 g/mol. The molecule has 0 radical (unpaired) electrons. The molecule has 1 aliphatic rings. The van der Waals surface area contributed by atoms with Crippen molar-refractivity contribution in [1.82, 2.24) is 0 Å². The zero-order chi connectivity index (χ0) is 8.86. The lowest BCUT2D eigenvalue weighted by molar-refractivity contribution is -0.0162. The molecule has 0 heterocycles. The maximum atomic E-state index is 12.8. The summed E-state index contributed by atoms with van der Waals surface area (Å²) in [4.78, 5) is 0. The van der Waals surface area contributed by atoms with Crippen LogP contribution in [0.25, 0.3) is 0 Å². The summed E-state index contributed by atoms with van der Waals surface area (Å²) in [5, 5.41) is 0. The zero-order valence-corrected chi connectivity index (χ0v) is 7.20. The van der Waals surface area contributed by atoms with E-state index < -0.39 is 11.8 Å². The fourth-order valence-electron chi connectivity index (χ4n) is 2.19. The highest BCUT2D eigenvalue weighted by Gasteiger charge is 2.65. The molecule has 0 aromatic carbocycles. The van der Waals surface area contributed by atoms with Gasteiger partial charge in [0, 0.05) is 5.92 Å². The first kappa shape index (κ1) is 8.91. The van der Waals surface area contributed by atoms with Crippen molar-refractivity contribution < 1.29 is 8.78 Å². The van der Waals surface area contributed by atoms with Crippen molar-refractivity contribution in [3.63, 3.8) is 0 Å². The normalized spacial score (nSPS) is 35.5. The molecule has 11 heavy (non-hydrogen) atoms. The van der Waals surface area contributed by atoms with E-state index in [4.69, 9.17) is 5.73 Å². The molecule has 0 spiro atoms. The van der Waals surface area contributed by atoms with Crippen LogP contribution in [0.3, 0.4) is 0 Å². The van der Waals surface area contributed by atoms with Gasteiger partial charge in [0.1, 0.15) is 0 Å². The van der Waals surface area contributed by atoms with E-state index in [1.165, 1.54) is 0 Å². The molecule has 1 rings (SSSR count). The minimum absolute atomic E-state index is 0.00231. The first-order chi connectivity index (χ1) is 4.81. The lowest BCUT2D eigenvalue weighted by Crippen LogP contribution is -2.17. The maximum absolute atomic E-state index is 12.8. The van der Waals surface area contributed by atoms with Crippen LogP contribution in [0.15, 0.2) is 0 Å². The van der Waals surface area contributed by atoms with Crippen molar-refractivity contribution in [2.45, 2.75) is 26.7 Å². The lowest BCUT2D eigenvalue weighted by Gasteiger charge is -2.10. The van der Waals surface area contributed by atoms with Crippen LogP contribution < -0.4 is 5.73 Å². The third kappa shape index (κ3) is 1.26. The van der Waals surface area contributed by atoms with Gasteiger partial charge in [-0.3, -0.25) is 0 Å². The summed E-state index contributed by atoms with van der Waals surface area (Å²) in [6.07, 6.45) is 0. The molecule has 0 unspecified atom stereocenters. The summed E-state index contributed by atoms with van der Waals surface area (Å²) in [7, 11) is 0.